The molecule has 134 valence electrons. The summed E-state index contributed by atoms with van der Waals surface area (Å²) < 4.78 is 30.3. The van der Waals surface area contributed by atoms with Crippen LogP contribution < -0.4 is 14.4 Å². The molecule has 0 bridgehead atoms. The number of hydrogen-bond donors (Lipinski definition) is 1. The fourth-order valence-electron chi connectivity index (χ4n) is 2.25. The number of rotatable bonds is 7. The molecule has 25 heavy (non-hydrogen) atoms. The molecule has 0 aliphatic carbocycles. The Bertz CT molecular complexity index is 855. The number of carbonyl (C=O) groups is 1. The molecule has 0 aliphatic heterocycles. The Hall–Kier alpha value is -2.25. The largest absolute Gasteiger partial charge is 0.497 e. The zero-order valence-corrected chi connectivity index (χ0v) is 15.5. The lowest BCUT2D eigenvalue weighted by Crippen LogP contribution is -2.33. The van der Waals surface area contributed by atoms with Crippen LogP contribution in [0.5, 0.6) is 5.75 Å². The van der Waals surface area contributed by atoms with Crippen molar-refractivity contribution in [3.63, 3.8) is 0 Å². The predicted molar refractivity (Wildman–Crippen MR) is 99.9 cm³/mol. The number of carbonyl (C=O) groups excluding carboxylic acids is 1. The number of benzene rings is 2. The zero-order valence-electron chi connectivity index (χ0n) is 13.9. The summed E-state index contributed by atoms with van der Waals surface area (Å²) in [5.41, 5.74) is 1.00. The first kappa shape index (κ1) is 19.1. The molecule has 0 unspecified atom stereocenters. The van der Waals surface area contributed by atoms with Crippen molar-refractivity contribution in [1.82, 2.24) is 0 Å². The lowest BCUT2D eigenvalue weighted by Gasteiger charge is -2.22. The first-order chi connectivity index (χ1) is 11.8. The van der Waals surface area contributed by atoms with E-state index in [9.17, 15) is 13.2 Å². The highest BCUT2D eigenvalue weighted by molar-refractivity contribution is 7.92. The summed E-state index contributed by atoms with van der Waals surface area (Å²) in [4.78, 5) is 12.1. The van der Waals surface area contributed by atoms with Crippen molar-refractivity contribution in [1.29, 1.82) is 0 Å². The van der Waals surface area contributed by atoms with Crippen molar-refractivity contribution in [3.05, 3.63) is 53.6 Å². The maximum Gasteiger partial charge on any atom is 0.232 e. The van der Waals surface area contributed by atoms with E-state index in [-0.39, 0.29) is 18.9 Å². The molecule has 8 heteroatoms. The van der Waals surface area contributed by atoms with Crippen LogP contribution in [-0.4, -0.2) is 34.2 Å². The molecule has 0 heterocycles. The van der Waals surface area contributed by atoms with Gasteiger partial charge < -0.3 is 10.1 Å². The summed E-state index contributed by atoms with van der Waals surface area (Å²) in [6, 6.07) is 13.4. The minimum atomic E-state index is -3.54. The number of sulfonamides is 1. The minimum Gasteiger partial charge on any atom is -0.497 e. The standard InChI is InChI=1S/C17H19ClN2O4S/c1-24-16-8-4-6-14(12-16)19-17(21)9-10-20(25(2,22)23)15-7-3-5-13(18)11-15/h3-8,11-12H,9-10H2,1-2H3,(H,19,21). The van der Waals surface area contributed by atoms with E-state index in [4.69, 9.17) is 16.3 Å². The molecule has 0 aromatic heterocycles. The van der Waals surface area contributed by atoms with Crippen molar-refractivity contribution < 1.29 is 17.9 Å². The van der Waals surface area contributed by atoms with Crippen molar-refractivity contribution in [2.45, 2.75) is 6.42 Å². The van der Waals surface area contributed by atoms with Gasteiger partial charge in [0.1, 0.15) is 5.75 Å². The SMILES string of the molecule is COc1cccc(NC(=O)CCN(c2cccc(Cl)c2)S(C)(=O)=O)c1. The van der Waals surface area contributed by atoms with Crippen molar-refractivity contribution in [2.75, 3.05) is 29.5 Å². The summed E-state index contributed by atoms with van der Waals surface area (Å²) in [6.07, 6.45) is 1.09. The van der Waals surface area contributed by atoms with Crippen LogP contribution in [0.1, 0.15) is 6.42 Å². The Morgan fingerprint density at radius 1 is 1.20 bits per heavy atom. The van der Waals surface area contributed by atoms with E-state index >= 15 is 0 Å². The van der Waals surface area contributed by atoms with Crippen LogP contribution in [0, 0.1) is 0 Å². The molecule has 6 nitrogen and oxygen atoms in total. The highest BCUT2D eigenvalue weighted by atomic mass is 35.5. The van der Waals surface area contributed by atoms with Gasteiger partial charge in [0.2, 0.25) is 15.9 Å². The van der Waals surface area contributed by atoms with E-state index in [1.54, 1.807) is 48.5 Å². The highest BCUT2D eigenvalue weighted by Gasteiger charge is 2.19. The number of methoxy groups -OCH3 is 1. The molecule has 2 aromatic carbocycles. The number of nitrogens with zero attached hydrogens (tertiary/aromatic N) is 1. The van der Waals surface area contributed by atoms with Gasteiger partial charge in [0.05, 0.1) is 19.1 Å². The molecule has 0 saturated carbocycles. The van der Waals surface area contributed by atoms with E-state index in [1.165, 1.54) is 7.11 Å². The average Bonchev–Trinajstić information content (AvgIpc) is 2.54. The van der Waals surface area contributed by atoms with Crippen LogP contribution in [0.3, 0.4) is 0 Å². The Balaban J connectivity index is 2.06. The molecule has 0 spiro atoms. The maximum atomic E-state index is 12.1. The van der Waals surface area contributed by atoms with Gasteiger partial charge in [-0.05, 0) is 30.3 Å². The van der Waals surface area contributed by atoms with Crippen molar-refractivity contribution in [2.24, 2.45) is 0 Å². The van der Waals surface area contributed by atoms with Crippen LogP contribution in [0.25, 0.3) is 0 Å². The van der Waals surface area contributed by atoms with Gasteiger partial charge >= 0.3 is 0 Å². The van der Waals surface area contributed by atoms with Gasteiger partial charge in [-0.2, -0.15) is 0 Å². The van der Waals surface area contributed by atoms with Gasteiger partial charge in [0.15, 0.2) is 0 Å². The second-order valence-corrected chi connectivity index (χ2v) is 7.69. The van der Waals surface area contributed by atoms with Crippen LogP contribution >= 0.6 is 11.6 Å². The number of anilines is 2. The molecule has 0 fully saturated rings. The molecule has 1 amide bonds. The topological polar surface area (TPSA) is 75.7 Å². The molecule has 0 aliphatic rings. The third-order valence-electron chi connectivity index (χ3n) is 3.39. The number of halogens is 1. The molecule has 2 aromatic rings. The normalized spacial score (nSPS) is 11.0. The predicted octanol–water partition coefficient (Wildman–Crippen LogP) is 3.14. The smallest absolute Gasteiger partial charge is 0.232 e. The van der Waals surface area contributed by atoms with Gasteiger partial charge in [-0.3, -0.25) is 9.10 Å². The van der Waals surface area contributed by atoms with E-state index in [2.05, 4.69) is 5.32 Å². The second-order valence-electron chi connectivity index (χ2n) is 5.35. The number of nitrogens with one attached hydrogen (secondary N) is 1. The zero-order chi connectivity index (χ0) is 18.4. The molecule has 0 radical (unpaired) electrons. The van der Waals surface area contributed by atoms with E-state index in [0.717, 1.165) is 10.6 Å². The van der Waals surface area contributed by atoms with E-state index in [1.807, 2.05) is 0 Å². The van der Waals surface area contributed by atoms with Crippen LogP contribution in [0.4, 0.5) is 11.4 Å². The van der Waals surface area contributed by atoms with Crippen molar-refractivity contribution >= 4 is 38.9 Å². The monoisotopic (exact) mass is 382 g/mol. The van der Waals surface area contributed by atoms with Crippen molar-refractivity contribution in [3.8, 4) is 5.75 Å². The van der Waals surface area contributed by atoms with Gasteiger partial charge in [-0.25, -0.2) is 8.42 Å². The Morgan fingerprint density at radius 2 is 1.92 bits per heavy atom. The maximum absolute atomic E-state index is 12.1. The first-order valence-corrected chi connectivity index (χ1v) is 9.69. The molecule has 0 atom stereocenters. The fraction of sp³-hybridized carbons (Fsp3) is 0.235. The summed E-state index contributed by atoms with van der Waals surface area (Å²) in [5, 5.41) is 3.14. The third kappa shape index (κ3) is 5.65. The highest BCUT2D eigenvalue weighted by Crippen LogP contribution is 2.22. The van der Waals surface area contributed by atoms with E-state index in [0.29, 0.717) is 22.1 Å². The molecule has 1 N–H and O–H groups in total. The lowest BCUT2D eigenvalue weighted by atomic mass is 10.2. The Kier molecular flexibility index (Phi) is 6.27. The van der Waals surface area contributed by atoms with Crippen LogP contribution in [0.15, 0.2) is 48.5 Å². The average molecular weight is 383 g/mol. The number of amides is 1. The molecule has 2 rings (SSSR count). The quantitative estimate of drug-likeness (QED) is 0.798. The number of hydrogen-bond acceptors (Lipinski definition) is 4. The summed E-state index contributed by atoms with van der Waals surface area (Å²) in [6.45, 7) is 0.00891. The lowest BCUT2D eigenvalue weighted by molar-refractivity contribution is -0.116. The Labute approximate surface area is 152 Å². The number of ether oxygens (including phenoxy) is 1. The molecular weight excluding hydrogens is 364 g/mol. The second kappa shape index (κ2) is 8.22. The van der Waals surface area contributed by atoms with Crippen LogP contribution in [-0.2, 0) is 14.8 Å². The van der Waals surface area contributed by atoms with E-state index < -0.39 is 10.0 Å². The van der Waals surface area contributed by atoms with Crippen LogP contribution in [0.2, 0.25) is 5.02 Å². The first-order valence-electron chi connectivity index (χ1n) is 7.47. The summed E-state index contributed by atoms with van der Waals surface area (Å²) in [7, 11) is -2.00. The minimum absolute atomic E-state index is 0.00318. The summed E-state index contributed by atoms with van der Waals surface area (Å²) in [5.74, 6) is 0.318. The van der Waals surface area contributed by atoms with Gasteiger partial charge in [0, 0.05) is 29.7 Å². The molecule has 0 saturated heterocycles. The molecular formula is C17H19ClN2O4S. The third-order valence-corrected chi connectivity index (χ3v) is 4.82. The van der Waals surface area contributed by atoms with Gasteiger partial charge in [-0.1, -0.05) is 23.7 Å². The Morgan fingerprint density at radius 3 is 2.56 bits per heavy atom. The summed E-state index contributed by atoms with van der Waals surface area (Å²) >= 11 is 5.92. The van der Waals surface area contributed by atoms with Gasteiger partial charge in [0.25, 0.3) is 0 Å². The van der Waals surface area contributed by atoms with Gasteiger partial charge in [-0.15, -0.1) is 0 Å². The fourth-order valence-corrected chi connectivity index (χ4v) is 3.35.